The van der Waals surface area contributed by atoms with Crippen molar-refractivity contribution in [2.75, 3.05) is 23.7 Å². The van der Waals surface area contributed by atoms with Crippen molar-refractivity contribution in [2.45, 2.75) is 38.0 Å². The van der Waals surface area contributed by atoms with Crippen LogP contribution in [0, 0.1) is 0 Å². The van der Waals surface area contributed by atoms with Crippen molar-refractivity contribution in [1.29, 1.82) is 0 Å². The third kappa shape index (κ3) is 4.74. The first-order valence-electron chi connectivity index (χ1n) is 10.2. The van der Waals surface area contributed by atoms with E-state index in [0.717, 1.165) is 36.0 Å². The largest absolute Gasteiger partial charge is 0.416 e. The van der Waals surface area contributed by atoms with Gasteiger partial charge in [0.05, 0.1) is 17.5 Å². The minimum absolute atomic E-state index is 0.0244. The average molecular weight is 467 g/mol. The fourth-order valence-electron chi connectivity index (χ4n) is 3.99. The quantitative estimate of drug-likeness (QED) is 0.514. The van der Waals surface area contributed by atoms with Gasteiger partial charge in [0, 0.05) is 35.5 Å². The van der Waals surface area contributed by atoms with Crippen LogP contribution in [-0.4, -0.2) is 50.9 Å². The molecule has 1 fully saturated rings. The smallest absolute Gasteiger partial charge is 0.376 e. The number of benzene rings is 1. The fraction of sp³-hybridized carbons (Fsp3) is 0.381. The van der Waals surface area contributed by atoms with E-state index in [2.05, 4.69) is 25.6 Å². The molecule has 0 radical (unpaired) electrons. The van der Waals surface area contributed by atoms with Crippen molar-refractivity contribution in [3.63, 3.8) is 0 Å². The van der Waals surface area contributed by atoms with Gasteiger partial charge in [-0.3, -0.25) is 4.79 Å². The van der Waals surface area contributed by atoms with E-state index in [-0.39, 0.29) is 35.2 Å². The summed E-state index contributed by atoms with van der Waals surface area (Å²) in [5, 5.41) is 7.02. The number of piperidine rings is 1. The molecule has 32 heavy (non-hydrogen) atoms. The highest BCUT2D eigenvalue weighted by molar-refractivity contribution is 6.31. The highest BCUT2D eigenvalue weighted by Gasteiger charge is 2.33. The van der Waals surface area contributed by atoms with E-state index in [1.165, 1.54) is 12.4 Å². The summed E-state index contributed by atoms with van der Waals surface area (Å²) in [6.45, 7) is 2.39. The lowest BCUT2D eigenvalue weighted by molar-refractivity contribution is -0.137. The molecule has 3 N–H and O–H groups in total. The maximum Gasteiger partial charge on any atom is 0.416 e. The molecule has 11 heteroatoms. The third-order valence-corrected chi connectivity index (χ3v) is 5.87. The van der Waals surface area contributed by atoms with Gasteiger partial charge in [0.15, 0.2) is 0 Å². The van der Waals surface area contributed by atoms with E-state index >= 15 is 0 Å². The molecule has 0 spiro atoms. The first-order valence-corrected chi connectivity index (χ1v) is 10.6. The number of hydrogen-bond acceptors (Lipinski definition) is 5. The molecule has 2 unspecified atom stereocenters. The molecule has 2 atom stereocenters. The number of amides is 1. The number of fused-ring (bicyclic) bond motifs is 1. The van der Waals surface area contributed by atoms with Gasteiger partial charge in [0.2, 0.25) is 5.91 Å². The second kappa shape index (κ2) is 8.85. The van der Waals surface area contributed by atoms with Gasteiger partial charge in [0.25, 0.3) is 0 Å². The predicted octanol–water partition coefficient (Wildman–Crippen LogP) is 4.53. The molecular formula is C21H22ClF3N6O. The Hall–Kier alpha value is -3.01. The van der Waals surface area contributed by atoms with Crippen LogP contribution in [0.3, 0.4) is 0 Å². The van der Waals surface area contributed by atoms with Gasteiger partial charge in [-0.2, -0.15) is 13.2 Å². The number of aromatic amines is 1. The topological polar surface area (TPSA) is 85.9 Å². The summed E-state index contributed by atoms with van der Waals surface area (Å²) >= 11 is 5.82. The van der Waals surface area contributed by atoms with Crippen LogP contribution in [-0.2, 0) is 11.0 Å². The van der Waals surface area contributed by atoms with Crippen molar-refractivity contribution >= 4 is 40.0 Å². The molecule has 2 aromatic heterocycles. The monoisotopic (exact) mass is 466 g/mol. The van der Waals surface area contributed by atoms with Crippen molar-refractivity contribution in [1.82, 2.24) is 19.9 Å². The molecule has 1 amide bonds. The number of aromatic nitrogens is 3. The lowest BCUT2D eigenvalue weighted by atomic mass is 9.97. The normalized spacial score (nSPS) is 19.2. The summed E-state index contributed by atoms with van der Waals surface area (Å²) in [6, 6.07) is 4.89. The number of likely N-dealkylation sites (tertiary alicyclic amines) is 1. The molecule has 3 aromatic rings. The molecule has 0 aliphatic carbocycles. The maximum absolute atomic E-state index is 13.0. The number of nitrogens with one attached hydrogen (secondary N) is 3. The van der Waals surface area contributed by atoms with Crippen LogP contribution in [0.4, 0.5) is 24.7 Å². The zero-order valence-corrected chi connectivity index (χ0v) is 18.0. The summed E-state index contributed by atoms with van der Waals surface area (Å²) in [7, 11) is 0. The van der Waals surface area contributed by atoms with Gasteiger partial charge in [0.1, 0.15) is 17.8 Å². The van der Waals surface area contributed by atoms with E-state index in [4.69, 9.17) is 11.6 Å². The van der Waals surface area contributed by atoms with Crippen LogP contribution < -0.4 is 10.6 Å². The van der Waals surface area contributed by atoms with Gasteiger partial charge in [-0.05, 0) is 44.0 Å². The third-order valence-electron chi connectivity index (χ3n) is 5.65. The van der Waals surface area contributed by atoms with Crippen molar-refractivity contribution in [3.8, 4) is 0 Å². The highest BCUT2D eigenvalue weighted by Crippen LogP contribution is 2.33. The Morgan fingerprint density at radius 2 is 2.12 bits per heavy atom. The second-order valence-corrected chi connectivity index (χ2v) is 8.20. The van der Waals surface area contributed by atoms with Gasteiger partial charge in [-0.1, -0.05) is 11.6 Å². The van der Waals surface area contributed by atoms with Gasteiger partial charge in [-0.25, -0.2) is 9.97 Å². The van der Waals surface area contributed by atoms with Crippen LogP contribution in [0.25, 0.3) is 11.0 Å². The van der Waals surface area contributed by atoms with Crippen LogP contribution in [0.5, 0.6) is 0 Å². The second-order valence-electron chi connectivity index (χ2n) is 7.76. The van der Waals surface area contributed by atoms with Crippen molar-refractivity contribution in [3.05, 3.63) is 47.4 Å². The summed E-state index contributed by atoms with van der Waals surface area (Å²) < 4.78 is 39.0. The van der Waals surface area contributed by atoms with Crippen LogP contribution in [0.15, 0.2) is 36.8 Å². The standard InChI is InChI=1S/C21H22ClF3N6O/c1-12-17(30-20-16-4-5-26-19(16)28-11-29-20)3-2-6-31(12)18(32)10-27-15-8-13(21(23,24)25)7-14(22)9-15/h4-5,7-9,11-12,17,27H,2-3,6,10H2,1H3,(H2,26,28,29,30). The van der Waals surface area contributed by atoms with E-state index in [9.17, 15) is 18.0 Å². The first kappa shape index (κ1) is 22.2. The molecular weight excluding hydrogens is 445 g/mol. The number of halogens is 4. The van der Waals surface area contributed by atoms with Crippen molar-refractivity contribution < 1.29 is 18.0 Å². The Morgan fingerprint density at radius 3 is 2.91 bits per heavy atom. The Kier molecular flexibility index (Phi) is 6.14. The number of anilines is 2. The molecule has 1 aliphatic heterocycles. The van der Waals surface area contributed by atoms with Crippen LogP contribution in [0.2, 0.25) is 5.02 Å². The number of rotatable bonds is 5. The first-order chi connectivity index (χ1) is 15.2. The number of nitrogens with zero attached hydrogens (tertiary/aromatic N) is 3. The van der Waals surface area contributed by atoms with Gasteiger partial charge < -0.3 is 20.5 Å². The minimum atomic E-state index is -4.52. The molecule has 1 saturated heterocycles. The summed E-state index contributed by atoms with van der Waals surface area (Å²) in [6.07, 6.45) is 0.400. The minimum Gasteiger partial charge on any atom is -0.376 e. The zero-order chi connectivity index (χ0) is 22.9. The maximum atomic E-state index is 13.0. The number of H-pyrrole nitrogens is 1. The van der Waals surface area contributed by atoms with E-state index < -0.39 is 11.7 Å². The van der Waals surface area contributed by atoms with Gasteiger partial charge >= 0.3 is 6.18 Å². The lowest BCUT2D eigenvalue weighted by Gasteiger charge is -2.40. The summed E-state index contributed by atoms with van der Waals surface area (Å²) in [5.74, 6) is 0.492. The molecule has 1 aliphatic rings. The molecule has 3 heterocycles. The number of carbonyl (C=O) groups excluding carboxylic acids is 1. The van der Waals surface area contributed by atoms with E-state index in [1.54, 1.807) is 11.1 Å². The molecule has 7 nitrogen and oxygen atoms in total. The highest BCUT2D eigenvalue weighted by atomic mass is 35.5. The predicted molar refractivity (Wildman–Crippen MR) is 117 cm³/mol. The molecule has 0 bridgehead atoms. The van der Waals surface area contributed by atoms with E-state index in [0.29, 0.717) is 12.4 Å². The van der Waals surface area contributed by atoms with Crippen LogP contribution >= 0.6 is 11.6 Å². The molecule has 170 valence electrons. The Morgan fingerprint density at radius 1 is 1.31 bits per heavy atom. The summed E-state index contributed by atoms with van der Waals surface area (Å²) in [4.78, 5) is 26.1. The zero-order valence-electron chi connectivity index (χ0n) is 17.2. The van der Waals surface area contributed by atoms with E-state index in [1.807, 2.05) is 13.0 Å². The van der Waals surface area contributed by atoms with Crippen molar-refractivity contribution in [2.24, 2.45) is 0 Å². The molecule has 0 saturated carbocycles. The van der Waals surface area contributed by atoms with Crippen LogP contribution in [0.1, 0.15) is 25.3 Å². The number of alkyl halides is 3. The average Bonchev–Trinajstić information content (AvgIpc) is 3.22. The number of hydrogen-bond donors (Lipinski definition) is 3. The fourth-order valence-corrected chi connectivity index (χ4v) is 4.22. The molecule has 4 rings (SSSR count). The summed E-state index contributed by atoms with van der Waals surface area (Å²) in [5.41, 5.74) is 0.00710. The van der Waals surface area contributed by atoms with Gasteiger partial charge in [-0.15, -0.1) is 0 Å². The number of carbonyl (C=O) groups is 1. The molecule has 1 aromatic carbocycles. The Balaban J connectivity index is 1.42. The Bertz CT molecular complexity index is 1120. The SMILES string of the molecule is CC1C(Nc2ncnc3[nH]ccc23)CCCN1C(=O)CNc1cc(Cl)cc(C(F)(F)F)c1. The Labute approximate surface area is 187 Å². The lowest BCUT2D eigenvalue weighted by Crippen LogP contribution is -2.53.